The third-order valence-electron chi connectivity index (χ3n) is 3.99. The topological polar surface area (TPSA) is 86.9 Å². The zero-order chi connectivity index (χ0) is 15.6. The molecule has 0 amide bonds. The molecule has 0 bridgehead atoms. The molecule has 0 radical (unpaired) electrons. The van der Waals surface area contributed by atoms with Gasteiger partial charge in [0.2, 0.25) is 10.0 Å². The number of hydrogen-bond donors (Lipinski definition) is 2. The van der Waals surface area contributed by atoms with Crippen LogP contribution in [0.1, 0.15) is 11.1 Å². The van der Waals surface area contributed by atoms with Crippen molar-refractivity contribution in [1.29, 1.82) is 0 Å². The minimum absolute atomic E-state index is 0.0941. The largest absolute Gasteiger partial charge is 0.398 e. The fourth-order valence-electron chi connectivity index (χ4n) is 2.51. The predicted octanol–water partition coefficient (Wildman–Crippen LogP) is 0.184. The van der Waals surface area contributed by atoms with Gasteiger partial charge in [-0.1, -0.05) is 0 Å². The third-order valence-corrected chi connectivity index (χ3v) is 5.95. The van der Waals surface area contributed by atoms with E-state index in [1.165, 1.54) is 4.31 Å². The molecule has 118 valence electrons. The lowest BCUT2D eigenvalue weighted by Crippen LogP contribution is -2.49. The summed E-state index contributed by atoms with van der Waals surface area (Å²) in [5, 5.41) is 8.93. The summed E-state index contributed by atoms with van der Waals surface area (Å²) in [4.78, 5) is 2.25. The molecule has 1 aromatic rings. The number of nitrogens with two attached hydrogens (primary N) is 1. The predicted molar refractivity (Wildman–Crippen MR) is 82.6 cm³/mol. The van der Waals surface area contributed by atoms with Crippen molar-refractivity contribution in [3.63, 3.8) is 0 Å². The Bertz CT molecular complexity index is 608. The number of anilines is 1. The van der Waals surface area contributed by atoms with Crippen LogP contribution >= 0.6 is 0 Å². The van der Waals surface area contributed by atoms with Crippen LogP contribution in [0, 0.1) is 13.8 Å². The highest BCUT2D eigenvalue weighted by Crippen LogP contribution is 2.26. The van der Waals surface area contributed by atoms with Gasteiger partial charge in [-0.15, -0.1) is 0 Å². The van der Waals surface area contributed by atoms with Crippen LogP contribution in [0.5, 0.6) is 0 Å². The molecular formula is C14H23N3O3S. The van der Waals surface area contributed by atoms with Gasteiger partial charge in [-0.25, -0.2) is 8.42 Å². The second-order valence-corrected chi connectivity index (χ2v) is 7.35. The molecule has 0 spiro atoms. The lowest BCUT2D eigenvalue weighted by Gasteiger charge is -2.33. The molecule has 0 aromatic heterocycles. The van der Waals surface area contributed by atoms with Gasteiger partial charge in [0.1, 0.15) is 4.90 Å². The Morgan fingerprint density at radius 1 is 1.14 bits per heavy atom. The first kappa shape index (κ1) is 16.2. The van der Waals surface area contributed by atoms with Crippen LogP contribution in [0.3, 0.4) is 0 Å². The number of aryl methyl sites for hydroxylation is 2. The zero-order valence-electron chi connectivity index (χ0n) is 12.5. The van der Waals surface area contributed by atoms with E-state index in [0.717, 1.165) is 11.1 Å². The van der Waals surface area contributed by atoms with Crippen LogP contribution < -0.4 is 5.73 Å². The van der Waals surface area contributed by atoms with E-state index in [-0.39, 0.29) is 11.5 Å². The number of aliphatic hydroxyl groups excluding tert-OH is 1. The van der Waals surface area contributed by atoms with E-state index >= 15 is 0 Å². The first-order valence-electron chi connectivity index (χ1n) is 7.06. The summed E-state index contributed by atoms with van der Waals surface area (Å²) in [6.07, 6.45) is 0. The lowest BCUT2D eigenvalue weighted by molar-refractivity contribution is 0.151. The van der Waals surface area contributed by atoms with Gasteiger partial charge in [-0.3, -0.25) is 4.90 Å². The normalized spacial score (nSPS) is 18.0. The Morgan fingerprint density at radius 2 is 1.71 bits per heavy atom. The summed E-state index contributed by atoms with van der Waals surface area (Å²) in [7, 11) is -3.55. The Morgan fingerprint density at radius 3 is 2.29 bits per heavy atom. The molecule has 0 aliphatic carbocycles. The molecule has 0 atom stereocenters. The van der Waals surface area contributed by atoms with Gasteiger partial charge in [-0.2, -0.15) is 4.31 Å². The maximum atomic E-state index is 12.7. The van der Waals surface area contributed by atoms with Crippen molar-refractivity contribution in [2.75, 3.05) is 45.1 Å². The van der Waals surface area contributed by atoms with Gasteiger partial charge in [0, 0.05) is 32.7 Å². The standard InChI is InChI=1S/C14H23N3O3S/c1-11-9-13(15)14(10-12(11)2)21(19,20)17-5-3-16(4-6-17)7-8-18/h9-10,18H,3-8,15H2,1-2H3. The highest BCUT2D eigenvalue weighted by Gasteiger charge is 2.30. The number of nitrogen functional groups attached to an aromatic ring is 1. The summed E-state index contributed by atoms with van der Waals surface area (Å²) in [6.45, 7) is 6.58. The minimum atomic E-state index is -3.55. The van der Waals surface area contributed by atoms with Gasteiger partial charge >= 0.3 is 0 Å². The van der Waals surface area contributed by atoms with Crippen molar-refractivity contribution in [3.05, 3.63) is 23.3 Å². The molecule has 0 saturated carbocycles. The van der Waals surface area contributed by atoms with E-state index in [0.29, 0.717) is 38.4 Å². The van der Waals surface area contributed by atoms with E-state index in [9.17, 15) is 8.42 Å². The first-order valence-corrected chi connectivity index (χ1v) is 8.50. The van der Waals surface area contributed by atoms with Crippen molar-refractivity contribution >= 4 is 15.7 Å². The maximum absolute atomic E-state index is 12.7. The minimum Gasteiger partial charge on any atom is -0.398 e. The van der Waals surface area contributed by atoms with Crippen LogP contribution in [-0.4, -0.2) is 62.1 Å². The quantitative estimate of drug-likeness (QED) is 0.775. The number of hydrogen-bond acceptors (Lipinski definition) is 5. The highest BCUT2D eigenvalue weighted by atomic mass is 32.2. The summed E-state index contributed by atoms with van der Waals surface area (Å²) >= 11 is 0. The van der Waals surface area contributed by atoms with E-state index in [1.54, 1.807) is 12.1 Å². The summed E-state index contributed by atoms with van der Waals surface area (Å²) in [5.74, 6) is 0. The van der Waals surface area contributed by atoms with E-state index < -0.39 is 10.0 Å². The van der Waals surface area contributed by atoms with Crippen molar-refractivity contribution in [3.8, 4) is 0 Å². The number of rotatable bonds is 4. The fourth-order valence-corrected chi connectivity index (χ4v) is 4.11. The first-order chi connectivity index (χ1) is 9.86. The Labute approximate surface area is 126 Å². The number of sulfonamides is 1. The highest BCUT2D eigenvalue weighted by molar-refractivity contribution is 7.89. The molecule has 1 fully saturated rings. The number of β-amino-alcohol motifs (C(OH)–C–C–N with tert-alkyl or cyclic N) is 1. The molecule has 0 unspecified atom stereocenters. The van der Waals surface area contributed by atoms with E-state index in [2.05, 4.69) is 4.90 Å². The van der Waals surface area contributed by atoms with Crippen molar-refractivity contribution in [2.45, 2.75) is 18.7 Å². The van der Waals surface area contributed by atoms with Gasteiger partial charge < -0.3 is 10.8 Å². The summed E-state index contributed by atoms with van der Waals surface area (Å²) < 4.78 is 26.9. The lowest BCUT2D eigenvalue weighted by atomic mass is 10.1. The molecule has 6 nitrogen and oxygen atoms in total. The number of benzene rings is 1. The van der Waals surface area contributed by atoms with Crippen molar-refractivity contribution in [1.82, 2.24) is 9.21 Å². The molecule has 1 saturated heterocycles. The number of piperazine rings is 1. The van der Waals surface area contributed by atoms with Crippen LogP contribution in [0.25, 0.3) is 0 Å². The molecule has 21 heavy (non-hydrogen) atoms. The third kappa shape index (κ3) is 3.37. The molecule has 7 heteroatoms. The SMILES string of the molecule is Cc1cc(N)c(S(=O)(=O)N2CCN(CCO)CC2)cc1C. The number of aliphatic hydroxyl groups is 1. The monoisotopic (exact) mass is 313 g/mol. The molecular weight excluding hydrogens is 290 g/mol. The molecule has 1 aliphatic heterocycles. The van der Waals surface area contributed by atoms with Crippen molar-refractivity contribution in [2.24, 2.45) is 0 Å². The van der Waals surface area contributed by atoms with E-state index in [1.807, 2.05) is 13.8 Å². The molecule has 1 aromatic carbocycles. The van der Waals surface area contributed by atoms with Gasteiger partial charge in [0.05, 0.1) is 12.3 Å². The molecule has 1 aliphatic rings. The van der Waals surface area contributed by atoms with Crippen molar-refractivity contribution < 1.29 is 13.5 Å². The molecule has 3 N–H and O–H groups in total. The van der Waals surface area contributed by atoms with Crippen LogP contribution in [0.15, 0.2) is 17.0 Å². The maximum Gasteiger partial charge on any atom is 0.245 e. The summed E-state index contributed by atoms with van der Waals surface area (Å²) in [5.41, 5.74) is 8.11. The van der Waals surface area contributed by atoms with Crippen LogP contribution in [0.4, 0.5) is 5.69 Å². The number of nitrogens with zero attached hydrogens (tertiary/aromatic N) is 2. The Kier molecular flexibility index (Phi) is 4.88. The van der Waals surface area contributed by atoms with Crippen LogP contribution in [0.2, 0.25) is 0 Å². The second kappa shape index (κ2) is 6.31. The second-order valence-electron chi connectivity index (χ2n) is 5.44. The van der Waals surface area contributed by atoms with Gasteiger partial charge in [0.15, 0.2) is 0 Å². The average Bonchev–Trinajstić information content (AvgIpc) is 2.43. The summed E-state index contributed by atoms with van der Waals surface area (Å²) in [6, 6.07) is 3.37. The smallest absolute Gasteiger partial charge is 0.245 e. The molecule has 1 heterocycles. The van der Waals surface area contributed by atoms with Gasteiger partial charge in [0.25, 0.3) is 0 Å². The Hall–Kier alpha value is -1.15. The average molecular weight is 313 g/mol. The van der Waals surface area contributed by atoms with Crippen LogP contribution in [-0.2, 0) is 10.0 Å². The Balaban J connectivity index is 2.22. The zero-order valence-corrected chi connectivity index (χ0v) is 13.4. The van der Waals surface area contributed by atoms with E-state index in [4.69, 9.17) is 10.8 Å². The molecule has 2 rings (SSSR count). The van der Waals surface area contributed by atoms with Gasteiger partial charge in [-0.05, 0) is 37.1 Å². The fraction of sp³-hybridized carbons (Fsp3) is 0.571.